The zero-order chi connectivity index (χ0) is 15.0. The van der Waals surface area contributed by atoms with Crippen molar-refractivity contribution in [2.24, 2.45) is 5.73 Å². The van der Waals surface area contributed by atoms with Crippen LogP contribution in [-0.2, 0) is 0 Å². The van der Waals surface area contributed by atoms with Crippen LogP contribution in [0.2, 0.25) is 5.02 Å². The van der Waals surface area contributed by atoms with Crippen molar-refractivity contribution in [3.05, 3.63) is 23.2 Å². The zero-order valence-corrected chi connectivity index (χ0v) is 12.5. The normalized spacial score (nSPS) is 22.5. The summed E-state index contributed by atoms with van der Waals surface area (Å²) in [5, 5.41) is 17.2. The first-order valence-corrected chi connectivity index (χ1v) is 7.37. The van der Waals surface area contributed by atoms with E-state index in [9.17, 15) is 5.11 Å². The number of phenolic OH excluding ortho intramolecular Hbond substituents is 1. The van der Waals surface area contributed by atoms with Gasteiger partial charge in [0.1, 0.15) is 5.75 Å². The van der Waals surface area contributed by atoms with E-state index < -0.39 is 0 Å². The van der Waals surface area contributed by atoms with Gasteiger partial charge in [0.2, 0.25) is 5.95 Å². The van der Waals surface area contributed by atoms with Crippen molar-refractivity contribution in [3.8, 4) is 17.1 Å². The molecule has 1 aromatic carbocycles. The summed E-state index contributed by atoms with van der Waals surface area (Å²) in [6.07, 6.45) is 2.05. The third-order valence-corrected chi connectivity index (χ3v) is 4.31. The number of aromatic amines is 1. The van der Waals surface area contributed by atoms with Crippen LogP contribution in [0.5, 0.6) is 5.75 Å². The van der Waals surface area contributed by atoms with Gasteiger partial charge in [-0.05, 0) is 38.0 Å². The number of nitrogens with zero attached hydrogens (tertiary/aromatic N) is 3. The second-order valence-corrected chi connectivity index (χ2v) is 5.80. The molecule has 0 amide bonds. The topological polar surface area (TPSA) is 91.1 Å². The number of nitrogens with two attached hydrogens (primary N) is 1. The lowest BCUT2D eigenvalue weighted by Gasteiger charge is -2.36. The molecule has 0 radical (unpaired) electrons. The number of halogens is 1. The summed E-state index contributed by atoms with van der Waals surface area (Å²) >= 11 is 6.15. The molecule has 2 unspecified atom stereocenters. The minimum atomic E-state index is 0.130. The Morgan fingerprint density at radius 2 is 2.29 bits per heavy atom. The Kier molecular flexibility index (Phi) is 3.73. The molecule has 112 valence electrons. The van der Waals surface area contributed by atoms with Crippen LogP contribution in [0.1, 0.15) is 19.8 Å². The van der Waals surface area contributed by atoms with Crippen molar-refractivity contribution in [3.63, 3.8) is 0 Å². The lowest BCUT2D eigenvalue weighted by Crippen LogP contribution is -2.50. The maximum Gasteiger partial charge on any atom is 0.245 e. The molecule has 2 heterocycles. The highest BCUT2D eigenvalue weighted by atomic mass is 35.5. The summed E-state index contributed by atoms with van der Waals surface area (Å²) in [7, 11) is 0. The summed E-state index contributed by atoms with van der Waals surface area (Å²) in [6, 6.07) is 5.06. The minimum absolute atomic E-state index is 0.130. The molecule has 3 rings (SSSR count). The van der Waals surface area contributed by atoms with Crippen molar-refractivity contribution in [2.75, 3.05) is 11.4 Å². The van der Waals surface area contributed by atoms with E-state index in [0.29, 0.717) is 22.4 Å². The number of H-pyrrole nitrogens is 1. The highest BCUT2D eigenvalue weighted by molar-refractivity contribution is 6.33. The minimum Gasteiger partial charge on any atom is -0.508 e. The molecule has 1 aromatic heterocycles. The van der Waals surface area contributed by atoms with E-state index in [0.717, 1.165) is 19.4 Å². The van der Waals surface area contributed by atoms with Crippen molar-refractivity contribution >= 4 is 17.5 Å². The number of aromatic nitrogens is 3. The van der Waals surface area contributed by atoms with Crippen molar-refractivity contribution in [1.82, 2.24) is 15.2 Å². The summed E-state index contributed by atoms with van der Waals surface area (Å²) in [5.41, 5.74) is 6.74. The number of hydrogen-bond acceptors (Lipinski definition) is 5. The SMILES string of the molecule is CC1C(N)CCCN1c1n[nH]c(-c2cc(O)ccc2Cl)n1. The third kappa shape index (κ3) is 2.69. The fourth-order valence-electron chi connectivity index (χ4n) is 2.65. The molecule has 6 nitrogen and oxygen atoms in total. The van der Waals surface area contributed by atoms with E-state index in [1.54, 1.807) is 12.1 Å². The molecule has 1 aliphatic rings. The fourth-order valence-corrected chi connectivity index (χ4v) is 2.86. The van der Waals surface area contributed by atoms with Gasteiger partial charge in [-0.2, -0.15) is 4.98 Å². The Morgan fingerprint density at radius 3 is 3.10 bits per heavy atom. The first-order valence-electron chi connectivity index (χ1n) is 7.00. The Balaban J connectivity index is 1.91. The number of aromatic hydroxyl groups is 1. The molecule has 4 N–H and O–H groups in total. The molecular weight excluding hydrogens is 290 g/mol. The number of nitrogens with one attached hydrogen (secondary N) is 1. The first kappa shape index (κ1) is 14.2. The molecule has 1 saturated heterocycles. The first-order chi connectivity index (χ1) is 10.1. The monoisotopic (exact) mass is 307 g/mol. The second kappa shape index (κ2) is 5.54. The highest BCUT2D eigenvalue weighted by Crippen LogP contribution is 2.30. The van der Waals surface area contributed by atoms with Crippen LogP contribution in [0.3, 0.4) is 0 Å². The van der Waals surface area contributed by atoms with Gasteiger partial charge in [-0.15, -0.1) is 5.10 Å². The van der Waals surface area contributed by atoms with Crippen LogP contribution in [0.15, 0.2) is 18.2 Å². The summed E-state index contributed by atoms with van der Waals surface area (Å²) < 4.78 is 0. The van der Waals surface area contributed by atoms with Gasteiger partial charge in [-0.1, -0.05) is 11.6 Å². The summed E-state index contributed by atoms with van der Waals surface area (Å²) in [5.74, 6) is 1.30. The molecule has 2 aromatic rings. The third-order valence-electron chi connectivity index (χ3n) is 3.98. The van der Waals surface area contributed by atoms with Crippen LogP contribution in [0, 0.1) is 0 Å². The van der Waals surface area contributed by atoms with Crippen molar-refractivity contribution in [1.29, 1.82) is 0 Å². The quantitative estimate of drug-likeness (QED) is 0.791. The number of rotatable bonds is 2. The molecule has 1 aliphatic heterocycles. The molecule has 7 heteroatoms. The Morgan fingerprint density at radius 1 is 1.48 bits per heavy atom. The van der Waals surface area contributed by atoms with Gasteiger partial charge < -0.3 is 15.7 Å². The highest BCUT2D eigenvalue weighted by Gasteiger charge is 2.28. The maximum absolute atomic E-state index is 9.58. The molecule has 0 aliphatic carbocycles. The zero-order valence-electron chi connectivity index (χ0n) is 11.8. The largest absolute Gasteiger partial charge is 0.508 e. The molecule has 2 atom stereocenters. The molecule has 21 heavy (non-hydrogen) atoms. The lowest BCUT2D eigenvalue weighted by atomic mass is 9.99. The Labute approximate surface area is 127 Å². The van der Waals surface area contributed by atoms with Gasteiger partial charge in [-0.25, -0.2) is 0 Å². The molecule has 0 saturated carbocycles. The van der Waals surface area contributed by atoms with Gasteiger partial charge >= 0.3 is 0 Å². The van der Waals surface area contributed by atoms with Crippen LogP contribution in [-0.4, -0.2) is 38.9 Å². The van der Waals surface area contributed by atoms with E-state index in [2.05, 4.69) is 27.0 Å². The smallest absolute Gasteiger partial charge is 0.245 e. The molecule has 1 fully saturated rings. The average Bonchev–Trinajstić information content (AvgIpc) is 2.94. The van der Waals surface area contributed by atoms with Gasteiger partial charge in [-0.3, -0.25) is 5.10 Å². The van der Waals surface area contributed by atoms with E-state index in [-0.39, 0.29) is 17.8 Å². The fraction of sp³-hybridized carbons (Fsp3) is 0.429. The number of anilines is 1. The predicted octanol–water partition coefficient (Wildman–Crippen LogP) is 2.15. The number of piperidine rings is 1. The van der Waals surface area contributed by atoms with E-state index in [1.165, 1.54) is 6.07 Å². The van der Waals surface area contributed by atoms with Crippen molar-refractivity contribution in [2.45, 2.75) is 31.8 Å². The van der Waals surface area contributed by atoms with Gasteiger partial charge in [0.25, 0.3) is 0 Å². The van der Waals surface area contributed by atoms with Crippen LogP contribution in [0.25, 0.3) is 11.4 Å². The Hall–Kier alpha value is -1.79. The standard InChI is InChI=1S/C14H18ClN5O/c1-8-12(16)3-2-6-20(8)14-17-13(18-19-14)10-7-9(21)4-5-11(10)15/h4-5,7-8,12,21H,2-3,6,16H2,1H3,(H,17,18,19). The predicted molar refractivity (Wildman–Crippen MR) is 82.5 cm³/mol. The molecule has 0 spiro atoms. The number of hydrogen-bond donors (Lipinski definition) is 3. The van der Waals surface area contributed by atoms with Gasteiger partial charge in [0.15, 0.2) is 5.82 Å². The van der Waals surface area contributed by atoms with E-state index >= 15 is 0 Å². The second-order valence-electron chi connectivity index (χ2n) is 5.39. The van der Waals surface area contributed by atoms with E-state index in [4.69, 9.17) is 17.3 Å². The molecular formula is C14H18ClN5O. The number of benzene rings is 1. The average molecular weight is 308 g/mol. The Bertz CT molecular complexity index is 644. The van der Waals surface area contributed by atoms with E-state index in [1.807, 2.05) is 0 Å². The summed E-state index contributed by atoms with van der Waals surface area (Å²) in [4.78, 5) is 6.60. The summed E-state index contributed by atoms with van der Waals surface area (Å²) in [6.45, 7) is 2.97. The van der Waals surface area contributed by atoms with Crippen LogP contribution >= 0.6 is 11.6 Å². The van der Waals surface area contributed by atoms with Crippen LogP contribution < -0.4 is 10.6 Å². The van der Waals surface area contributed by atoms with Gasteiger partial charge in [0.05, 0.1) is 5.02 Å². The van der Waals surface area contributed by atoms with Crippen molar-refractivity contribution < 1.29 is 5.11 Å². The van der Waals surface area contributed by atoms with Crippen LogP contribution in [0.4, 0.5) is 5.95 Å². The van der Waals surface area contributed by atoms with Gasteiger partial charge in [0, 0.05) is 24.2 Å². The molecule has 0 bridgehead atoms. The maximum atomic E-state index is 9.58. The number of phenols is 1. The lowest BCUT2D eigenvalue weighted by molar-refractivity contribution is 0.416.